The van der Waals surface area contributed by atoms with Crippen LogP contribution in [-0.4, -0.2) is 16.9 Å². The molecule has 1 saturated carbocycles. The van der Waals surface area contributed by atoms with E-state index in [0.29, 0.717) is 5.56 Å². The molecule has 6 heteroatoms. The van der Waals surface area contributed by atoms with Gasteiger partial charge in [-0.25, -0.2) is 0 Å². The smallest absolute Gasteiger partial charge is 0.288 e. The first-order chi connectivity index (χ1) is 12.1. The van der Waals surface area contributed by atoms with E-state index in [9.17, 15) is 14.9 Å². The second-order valence-electron chi connectivity index (χ2n) is 6.85. The first kappa shape index (κ1) is 19.7. The Morgan fingerprint density at radius 2 is 1.52 bits per heavy atom. The van der Waals surface area contributed by atoms with Crippen molar-refractivity contribution in [1.82, 2.24) is 5.32 Å². The van der Waals surface area contributed by atoms with Crippen LogP contribution in [0.2, 0.25) is 5.02 Å². The maximum absolute atomic E-state index is 12.5. The number of nitrogens with zero attached hydrogens (tertiary/aromatic N) is 1. The average Bonchev–Trinajstić information content (AvgIpc) is 2.57. The zero-order chi connectivity index (χ0) is 18.1. The molecule has 1 amide bonds. The number of amides is 1. The highest BCUT2D eigenvalue weighted by Gasteiger charge is 2.18. The van der Waals surface area contributed by atoms with Crippen LogP contribution in [0.1, 0.15) is 81.0 Å². The standard InChI is InChI=1S/C19H27ClN2O3/c20-17-13-12-15(14-18(17)22(24)25)19(23)21-16-10-8-6-4-2-1-3-5-7-9-11-16/h12-14,16H,1-11H2,(H,21,23). The molecule has 25 heavy (non-hydrogen) atoms. The fraction of sp³-hybridized carbons (Fsp3) is 0.632. The van der Waals surface area contributed by atoms with Crippen molar-refractivity contribution >= 4 is 23.2 Å². The number of hydrogen-bond acceptors (Lipinski definition) is 3. The molecular weight excluding hydrogens is 340 g/mol. The Morgan fingerprint density at radius 3 is 2.04 bits per heavy atom. The number of rotatable bonds is 3. The van der Waals surface area contributed by atoms with Gasteiger partial charge in [0, 0.05) is 17.7 Å². The van der Waals surface area contributed by atoms with Gasteiger partial charge in [-0.05, 0) is 25.0 Å². The number of nitro groups is 1. The summed E-state index contributed by atoms with van der Waals surface area (Å²) in [5.41, 5.74) is 0.0650. The van der Waals surface area contributed by atoms with Crippen molar-refractivity contribution in [2.24, 2.45) is 0 Å². The highest BCUT2D eigenvalue weighted by molar-refractivity contribution is 6.32. The normalized spacial score (nSPS) is 18.0. The van der Waals surface area contributed by atoms with E-state index >= 15 is 0 Å². The van der Waals surface area contributed by atoms with Crippen LogP contribution in [0.15, 0.2) is 18.2 Å². The number of hydrogen-bond donors (Lipinski definition) is 1. The van der Waals surface area contributed by atoms with Gasteiger partial charge >= 0.3 is 0 Å². The minimum Gasteiger partial charge on any atom is -0.349 e. The predicted octanol–water partition coefficient (Wildman–Crippen LogP) is 5.65. The molecule has 0 saturated heterocycles. The Bertz CT molecular complexity index is 580. The summed E-state index contributed by atoms with van der Waals surface area (Å²) >= 11 is 5.82. The van der Waals surface area contributed by atoms with E-state index in [1.807, 2.05) is 0 Å². The lowest BCUT2D eigenvalue weighted by molar-refractivity contribution is -0.384. The van der Waals surface area contributed by atoms with Crippen LogP contribution < -0.4 is 5.32 Å². The van der Waals surface area contributed by atoms with Crippen LogP contribution in [0, 0.1) is 10.1 Å². The summed E-state index contributed by atoms with van der Waals surface area (Å²) in [6, 6.07) is 4.35. The van der Waals surface area contributed by atoms with Crippen molar-refractivity contribution < 1.29 is 9.72 Å². The first-order valence-corrected chi connectivity index (χ1v) is 9.70. The van der Waals surface area contributed by atoms with E-state index in [2.05, 4.69) is 5.32 Å². The largest absolute Gasteiger partial charge is 0.349 e. The van der Waals surface area contributed by atoms with E-state index in [0.717, 1.165) is 25.7 Å². The lowest BCUT2D eigenvalue weighted by Gasteiger charge is -2.19. The fourth-order valence-corrected chi connectivity index (χ4v) is 3.56. The molecule has 2 rings (SSSR count). The molecule has 1 aromatic rings. The van der Waals surface area contributed by atoms with Crippen molar-refractivity contribution in [2.45, 2.75) is 76.7 Å². The molecule has 0 heterocycles. The van der Waals surface area contributed by atoms with E-state index in [1.54, 1.807) is 6.07 Å². The SMILES string of the molecule is O=C(NC1CCCCCCCCCCC1)c1ccc(Cl)c([N+](=O)[O-])c1. The van der Waals surface area contributed by atoms with Gasteiger partial charge in [-0.2, -0.15) is 0 Å². The van der Waals surface area contributed by atoms with Gasteiger partial charge in [-0.1, -0.05) is 69.4 Å². The van der Waals surface area contributed by atoms with Crippen molar-refractivity contribution in [2.75, 3.05) is 0 Å². The van der Waals surface area contributed by atoms with Gasteiger partial charge in [0.15, 0.2) is 0 Å². The molecule has 138 valence electrons. The van der Waals surface area contributed by atoms with E-state index in [4.69, 9.17) is 11.6 Å². The Hall–Kier alpha value is -1.62. The molecule has 0 unspecified atom stereocenters. The second kappa shape index (κ2) is 10.4. The molecule has 1 aliphatic rings. The summed E-state index contributed by atoms with van der Waals surface area (Å²) in [7, 11) is 0. The highest BCUT2D eigenvalue weighted by atomic mass is 35.5. The summed E-state index contributed by atoms with van der Waals surface area (Å²) in [6.07, 6.45) is 13.1. The molecule has 0 atom stereocenters. The number of nitro benzene ring substituents is 1. The molecule has 5 nitrogen and oxygen atoms in total. The number of carbonyl (C=O) groups excluding carboxylic acids is 1. The van der Waals surface area contributed by atoms with Crippen LogP contribution in [0.5, 0.6) is 0 Å². The first-order valence-electron chi connectivity index (χ1n) is 9.33. The molecule has 0 radical (unpaired) electrons. The summed E-state index contributed by atoms with van der Waals surface area (Å²) in [6.45, 7) is 0. The average molecular weight is 367 g/mol. The van der Waals surface area contributed by atoms with E-state index in [-0.39, 0.29) is 22.7 Å². The van der Waals surface area contributed by atoms with Gasteiger partial charge in [-0.15, -0.1) is 0 Å². The zero-order valence-electron chi connectivity index (χ0n) is 14.6. The third-order valence-electron chi connectivity index (χ3n) is 4.85. The molecular formula is C19H27ClN2O3. The molecule has 0 aliphatic heterocycles. The molecule has 1 aromatic carbocycles. The van der Waals surface area contributed by atoms with Crippen LogP contribution in [0.3, 0.4) is 0 Å². The second-order valence-corrected chi connectivity index (χ2v) is 7.26. The van der Waals surface area contributed by atoms with Crippen LogP contribution in [0.4, 0.5) is 5.69 Å². The van der Waals surface area contributed by atoms with E-state index < -0.39 is 4.92 Å². The number of carbonyl (C=O) groups is 1. The Balaban J connectivity index is 1.98. The van der Waals surface area contributed by atoms with Crippen LogP contribution in [-0.2, 0) is 0 Å². The van der Waals surface area contributed by atoms with Crippen LogP contribution >= 0.6 is 11.6 Å². The maximum atomic E-state index is 12.5. The van der Waals surface area contributed by atoms with Gasteiger partial charge in [-0.3, -0.25) is 14.9 Å². The van der Waals surface area contributed by atoms with E-state index in [1.165, 1.54) is 57.1 Å². The summed E-state index contributed by atoms with van der Waals surface area (Å²) in [5.74, 6) is -0.253. The van der Waals surface area contributed by atoms with Crippen LogP contribution in [0.25, 0.3) is 0 Å². The molecule has 1 fully saturated rings. The zero-order valence-corrected chi connectivity index (χ0v) is 15.4. The third-order valence-corrected chi connectivity index (χ3v) is 5.17. The molecule has 0 bridgehead atoms. The summed E-state index contributed by atoms with van der Waals surface area (Å²) in [5, 5.41) is 14.1. The lowest BCUT2D eigenvalue weighted by atomic mass is 9.97. The maximum Gasteiger partial charge on any atom is 0.288 e. The van der Waals surface area contributed by atoms with Gasteiger partial charge in [0.1, 0.15) is 5.02 Å². The monoisotopic (exact) mass is 366 g/mol. The van der Waals surface area contributed by atoms with Gasteiger partial charge in [0.2, 0.25) is 0 Å². The quantitative estimate of drug-likeness (QED) is 0.554. The molecule has 1 aliphatic carbocycles. The van der Waals surface area contributed by atoms with Crippen molar-refractivity contribution in [3.63, 3.8) is 0 Å². The van der Waals surface area contributed by atoms with Gasteiger partial charge in [0.25, 0.3) is 11.6 Å². The Labute approximate surface area is 154 Å². The molecule has 0 aromatic heterocycles. The number of halogens is 1. The van der Waals surface area contributed by atoms with Crippen molar-refractivity contribution in [1.29, 1.82) is 0 Å². The number of nitrogens with one attached hydrogen (secondary N) is 1. The molecule has 0 spiro atoms. The van der Waals surface area contributed by atoms with Crippen molar-refractivity contribution in [3.8, 4) is 0 Å². The number of benzene rings is 1. The van der Waals surface area contributed by atoms with Crippen molar-refractivity contribution in [3.05, 3.63) is 38.9 Å². The Morgan fingerprint density at radius 1 is 1.00 bits per heavy atom. The minimum absolute atomic E-state index is 0.0487. The topological polar surface area (TPSA) is 72.2 Å². The summed E-state index contributed by atoms with van der Waals surface area (Å²) < 4.78 is 0. The lowest BCUT2D eigenvalue weighted by Crippen LogP contribution is -2.35. The summed E-state index contributed by atoms with van der Waals surface area (Å²) in [4.78, 5) is 22.9. The Kier molecular flexibility index (Phi) is 8.19. The highest BCUT2D eigenvalue weighted by Crippen LogP contribution is 2.25. The third kappa shape index (κ3) is 6.65. The minimum atomic E-state index is -0.560. The predicted molar refractivity (Wildman–Crippen MR) is 100 cm³/mol. The van der Waals surface area contributed by atoms with Gasteiger partial charge in [0.05, 0.1) is 4.92 Å². The molecule has 1 N–H and O–H groups in total. The van der Waals surface area contributed by atoms with Gasteiger partial charge < -0.3 is 5.32 Å². The fourth-order valence-electron chi connectivity index (χ4n) is 3.37.